The fourth-order valence-electron chi connectivity index (χ4n) is 0.427. The van der Waals surface area contributed by atoms with Gasteiger partial charge in [-0.25, -0.2) is 4.98 Å². The van der Waals surface area contributed by atoms with Gasteiger partial charge in [-0.05, 0) is 0 Å². The Morgan fingerprint density at radius 3 is 2.50 bits per heavy atom. The lowest BCUT2D eigenvalue weighted by Gasteiger charge is -1.97. The molecule has 3 nitrogen and oxygen atoms in total. The first kappa shape index (κ1) is 5.70. The summed E-state index contributed by atoms with van der Waals surface area (Å²) < 4.78 is 42.8. The minimum atomic E-state index is -4.56. The second kappa shape index (κ2) is 1.96. The van der Waals surface area contributed by atoms with Crippen LogP contribution in [0, 0.1) is 0 Å². The largest absolute Gasteiger partial charge is 0.453 e. The highest BCUT2D eigenvalue weighted by atomic mass is 19.4. The maximum Gasteiger partial charge on any atom is 0.453 e. The van der Waals surface area contributed by atoms with Crippen LogP contribution >= 0.6 is 0 Å². The molecule has 10 heavy (non-hydrogen) atoms. The standard InChI is InChI=1S/C4H4F3N3/c1-10-2-8-3(9-10)4(5,6)7/h2H,1H3/i2D. The Kier molecular flexibility index (Phi) is 1.12. The van der Waals surface area contributed by atoms with Gasteiger partial charge in [0.1, 0.15) is 7.67 Å². The van der Waals surface area contributed by atoms with E-state index < -0.39 is 18.3 Å². The first-order valence-electron chi connectivity index (χ1n) is 2.86. The van der Waals surface area contributed by atoms with Gasteiger partial charge in [0, 0.05) is 7.05 Å². The smallest absolute Gasteiger partial charge is 0.255 e. The van der Waals surface area contributed by atoms with Gasteiger partial charge in [0.15, 0.2) is 0 Å². The zero-order valence-electron chi connectivity index (χ0n) is 5.98. The quantitative estimate of drug-likeness (QED) is 0.551. The van der Waals surface area contributed by atoms with Crippen LogP contribution in [0.4, 0.5) is 13.2 Å². The highest BCUT2D eigenvalue weighted by Gasteiger charge is 2.35. The minimum absolute atomic E-state index is 0.502. The number of nitrogens with zero attached hydrogens (tertiary/aromatic N) is 3. The highest BCUT2D eigenvalue weighted by molar-refractivity contribution is 4.86. The van der Waals surface area contributed by atoms with Crippen molar-refractivity contribution in [3.8, 4) is 0 Å². The van der Waals surface area contributed by atoms with Crippen LogP contribution in [0.15, 0.2) is 6.30 Å². The third kappa shape index (κ3) is 1.26. The van der Waals surface area contributed by atoms with Gasteiger partial charge in [-0.3, -0.25) is 4.68 Å². The molecule has 0 saturated carbocycles. The first-order valence-corrected chi connectivity index (χ1v) is 2.36. The fourth-order valence-corrected chi connectivity index (χ4v) is 0.427. The first-order chi connectivity index (χ1) is 4.91. The van der Waals surface area contributed by atoms with E-state index in [1.807, 2.05) is 0 Å². The Hall–Kier alpha value is -1.07. The van der Waals surface area contributed by atoms with E-state index in [0.717, 1.165) is 4.68 Å². The molecule has 0 atom stereocenters. The average molecular weight is 152 g/mol. The van der Waals surface area contributed by atoms with Crippen molar-refractivity contribution < 1.29 is 14.5 Å². The summed E-state index contributed by atoms with van der Waals surface area (Å²) in [7, 11) is 1.23. The van der Waals surface area contributed by atoms with Crippen molar-refractivity contribution in [1.29, 1.82) is 0 Å². The normalized spacial score (nSPS) is 13.4. The van der Waals surface area contributed by atoms with Crippen LogP contribution < -0.4 is 0 Å². The molecule has 0 unspecified atom stereocenters. The molecule has 0 bridgehead atoms. The minimum Gasteiger partial charge on any atom is -0.255 e. The zero-order valence-corrected chi connectivity index (χ0v) is 4.98. The number of hydrogen-bond acceptors (Lipinski definition) is 2. The summed E-state index contributed by atoms with van der Waals surface area (Å²) in [6.45, 7) is 0. The van der Waals surface area contributed by atoms with Gasteiger partial charge in [-0.2, -0.15) is 13.2 Å². The molecule has 1 aromatic heterocycles. The molecule has 0 radical (unpaired) electrons. The Morgan fingerprint density at radius 2 is 2.30 bits per heavy atom. The molecule has 1 aromatic rings. The van der Waals surface area contributed by atoms with Crippen molar-refractivity contribution in [1.82, 2.24) is 14.8 Å². The molecule has 0 aliphatic rings. The lowest BCUT2D eigenvalue weighted by atomic mass is 10.6. The van der Waals surface area contributed by atoms with Gasteiger partial charge in [-0.15, -0.1) is 5.10 Å². The molecule has 56 valence electrons. The SMILES string of the molecule is [2H]c1nc(C(F)(F)F)nn1C. The summed E-state index contributed by atoms with van der Waals surface area (Å²) >= 11 is 0. The van der Waals surface area contributed by atoms with Crippen molar-refractivity contribution in [3.63, 3.8) is 0 Å². The molecule has 6 heteroatoms. The van der Waals surface area contributed by atoms with Crippen molar-refractivity contribution in [2.24, 2.45) is 7.05 Å². The predicted octanol–water partition coefficient (Wildman–Crippen LogP) is 0.834. The Balaban J connectivity index is 3.08. The third-order valence-electron chi connectivity index (χ3n) is 0.799. The second-order valence-electron chi connectivity index (χ2n) is 1.66. The van der Waals surface area contributed by atoms with E-state index in [1.165, 1.54) is 7.05 Å². The third-order valence-corrected chi connectivity index (χ3v) is 0.799. The van der Waals surface area contributed by atoms with Crippen molar-refractivity contribution in [2.75, 3.05) is 0 Å². The molecule has 0 fully saturated rings. The van der Waals surface area contributed by atoms with E-state index in [-0.39, 0.29) is 0 Å². The van der Waals surface area contributed by atoms with Crippen LogP contribution in [0.1, 0.15) is 7.20 Å². The number of rotatable bonds is 0. The van der Waals surface area contributed by atoms with Crippen molar-refractivity contribution in [3.05, 3.63) is 12.1 Å². The number of hydrogen-bond donors (Lipinski definition) is 0. The molecule has 0 N–H and O–H groups in total. The molecule has 0 aromatic carbocycles. The molecule has 1 heterocycles. The van der Waals surface area contributed by atoms with E-state index >= 15 is 0 Å². The molecule has 1 rings (SSSR count). The van der Waals surface area contributed by atoms with Crippen molar-refractivity contribution in [2.45, 2.75) is 6.18 Å². The molecular formula is C4H4F3N3. The maximum atomic E-state index is 11.8. The maximum absolute atomic E-state index is 11.8. The Labute approximate surface area is 55.9 Å². The zero-order chi connectivity index (χ0) is 8.65. The van der Waals surface area contributed by atoms with Gasteiger partial charge in [-0.1, -0.05) is 0 Å². The van der Waals surface area contributed by atoms with Crippen LogP contribution in [0.25, 0.3) is 0 Å². The predicted molar refractivity (Wildman–Crippen MR) is 26.0 cm³/mol. The Bertz CT molecular complexity index is 247. The Morgan fingerprint density at radius 1 is 1.70 bits per heavy atom. The van der Waals surface area contributed by atoms with Crippen molar-refractivity contribution >= 4 is 0 Å². The van der Waals surface area contributed by atoms with Crippen LogP contribution in [0.5, 0.6) is 0 Å². The number of halogens is 3. The van der Waals surface area contributed by atoms with E-state index in [9.17, 15) is 13.2 Å². The highest BCUT2D eigenvalue weighted by Crippen LogP contribution is 2.24. The van der Waals surface area contributed by atoms with E-state index in [0.29, 0.717) is 0 Å². The van der Waals surface area contributed by atoms with Gasteiger partial charge in [0.25, 0.3) is 5.82 Å². The molecule has 0 spiro atoms. The summed E-state index contributed by atoms with van der Waals surface area (Å²) in [6.07, 6.45) is -5.06. The average Bonchev–Trinajstić information content (AvgIpc) is 2.11. The summed E-state index contributed by atoms with van der Waals surface area (Å²) in [4.78, 5) is 2.88. The van der Waals surface area contributed by atoms with Crippen LogP contribution in [-0.2, 0) is 13.2 Å². The summed E-state index contributed by atoms with van der Waals surface area (Å²) in [5, 5.41) is 2.97. The molecule has 0 saturated heterocycles. The van der Waals surface area contributed by atoms with E-state index in [4.69, 9.17) is 1.37 Å². The summed E-state index contributed by atoms with van der Waals surface area (Å²) in [5.74, 6) is -1.27. The van der Waals surface area contributed by atoms with E-state index in [1.54, 1.807) is 0 Å². The molecule has 0 aliphatic carbocycles. The topological polar surface area (TPSA) is 30.7 Å². The molecular weight excluding hydrogens is 147 g/mol. The lowest BCUT2D eigenvalue weighted by molar-refractivity contribution is -0.144. The van der Waals surface area contributed by atoms with Gasteiger partial charge < -0.3 is 0 Å². The van der Waals surface area contributed by atoms with Crippen LogP contribution in [0.2, 0.25) is 0 Å². The van der Waals surface area contributed by atoms with Gasteiger partial charge in [0.2, 0.25) is 0 Å². The summed E-state index contributed by atoms with van der Waals surface area (Å²) in [6, 6.07) is 0. The second-order valence-corrected chi connectivity index (χ2v) is 1.66. The number of aromatic nitrogens is 3. The fraction of sp³-hybridized carbons (Fsp3) is 0.500. The molecule has 0 amide bonds. The monoisotopic (exact) mass is 152 g/mol. The van der Waals surface area contributed by atoms with Gasteiger partial charge >= 0.3 is 6.18 Å². The molecule has 0 aliphatic heterocycles. The van der Waals surface area contributed by atoms with Crippen LogP contribution in [0.3, 0.4) is 0 Å². The van der Waals surface area contributed by atoms with Crippen LogP contribution in [-0.4, -0.2) is 14.8 Å². The number of aryl methyl sites for hydroxylation is 1. The van der Waals surface area contributed by atoms with Gasteiger partial charge in [0.05, 0.1) is 0 Å². The lowest BCUT2D eigenvalue weighted by Crippen LogP contribution is -2.08. The van der Waals surface area contributed by atoms with E-state index in [2.05, 4.69) is 10.1 Å². The number of alkyl halides is 3. The summed E-state index contributed by atoms with van der Waals surface area (Å²) in [5.41, 5.74) is 0.